The maximum atomic E-state index is 12.5. The van der Waals surface area contributed by atoms with E-state index in [4.69, 9.17) is 14.3 Å². The molecule has 1 amide bonds. The molecule has 1 aromatic rings. The van der Waals surface area contributed by atoms with Crippen molar-refractivity contribution in [3.05, 3.63) is 18.2 Å². The predicted molar refractivity (Wildman–Crippen MR) is 95.8 cm³/mol. The number of nitrogens with zero attached hydrogens (tertiary/aromatic N) is 3. The van der Waals surface area contributed by atoms with Crippen molar-refractivity contribution in [1.29, 1.82) is 0 Å². The van der Waals surface area contributed by atoms with Crippen LogP contribution in [-0.2, 0) is 30.9 Å². The fourth-order valence-electron chi connectivity index (χ4n) is 3.08. The summed E-state index contributed by atoms with van der Waals surface area (Å²) in [6, 6.07) is -0.0414. The monoisotopic (exact) mass is 378 g/mol. The van der Waals surface area contributed by atoms with Crippen LogP contribution in [0.25, 0.3) is 0 Å². The van der Waals surface area contributed by atoms with Gasteiger partial charge in [0.15, 0.2) is 5.71 Å². The zero-order chi connectivity index (χ0) is 19.6. The lowest BCUT2D eigenvalue weighted by Gasteiger charge is -2.30. The van der Waals surface area contributed by atoms with Gasteiger partial charge in [0.2, 0.25) is 6.10 Å². The Balaban J connectivity index is 1.51. The zero-order valence-electron chi connectivity index (χ0n) is 16.1. The molecule has 1 saturated heterocycles. The number of esters is 1. The van der Waals surface area contributed by atoms with E-state index in [9.17, 15) is 9.59 Å². The maximum Gasteiger partial charge on any atom is 0.356 e. The average Bonchev–Trinajstić information content (AvgIpc) is 3.22. The van der Waals surface area contributed by atoms with Gasteiger partial charge >= 0.3 is 5.97 Å². The number of amides is 1. The van der Waals surface area contributed by atoms with E-state index < -0.39 is 17.7 Å². The van der Waals surface area contributed by atoms with Gasteiger partial charge in [-0.15, -0.1) is 0 Å². The first-order valence-electron chi connectivity index (χ1n) is 9.07. The van der Waals surface area contributed by atoms with Crippen molar-refractivity contribution in [2.24, 2.45) is 12.2 Å². The van der Waals surface area contributed by atoms with Crippen LogP contribution in [0, 0.1) is 0 Å². The number of aryl methyl sites for hydroxylation is 1. The number of hydrogen-bond donors (Lipinski definition) is 1. The maximum absolute atomic E-state index is 12.5. The third-order valence-electron chi connectivity index (χ3n) is 4.41. The third-order valence-corrected chi connectivity index (χ3v) is 4.41. The van der Waals surface area contributed by atoms with Crippen molar-refractivity contribution in [2.45, 2.75) is 63.9 Å². The molecule has 148 valence electrons. The van der Waals surface area contributed by atoms with Crippen molar-refractivity contribution in [3.8, 4) is 0 Å². The fourth-order valence-corrected chi connectivity index (χ4v) is 3.08. The molecule has 1 aromatic heterocycles. The van der Waals surface area contributed by atoms with Gasteiger partial charge in [-0.3, -0.25) is 4.79 Å². The SMILES string of the molecule is Cn1cncc1[C@@H]1C[C@H](NC(=O)[C@@H]2CC(C(=O)OC(C)(C)C)=NO2)CCO1. The van der Waals surface area contributed by atoms with Gasteiger partial charge in [0, 0.05) is 26.1 Å². The quantitative estimate of drug-likeness (QED) is 0.791. The van der Waals surface area contributed by atoms with Gasteiger partial charge in [-0.1, -0.05) is 5.16 Å². The minimum Gasteiger partial charge on any atom is -0.455 e. The minimum atomic E-state index is -0.814. The zero-order valence-corrected chi connectivity index (χ0v) is 16.1. The number of carbonyl (C=O) groups is 2. The molecule has 0 saturated carbocycles. The lowest BCUT2D eigenvalue weighted by Crippen LogP contribution is -2.45. The van der Waals surface area contributed by atoms with Crippen LogP contribution < -0.4 is 5.32 Å². The first kappa shape index (κ1) is 19.3. The van der Waals surface area contributed by atoms with E-state index in [2.05, 4.69) is 15.5 Å². The summed E-state index contributed by atoms with van der Waals surface area (Å²) in [6.07, 6.45) is 4.04. The molecule has 0 aliphatic carbocycles. The number of carbonyl (C=O) groups excluding carboxylic acids is 2. The Morgan fingerprint density at radius 2 is 2.15 bits per heavy atom. The Hall–Kier alpha value is -2.42. The largest absolute Gasteiger partial charge is 0.455 e. The van der Waals surface area contributed by atoms with Crippen LogP contribution in [0.3, 0.4) is 0 Å². The summed E-state index contributed by atoms with van der Waals surface area (Å²) >= 11 is 0. The fraction of sp³-hybridized carbons (Fsp3) is 0.667. The molecule has 3 heterocycles. The van der Waals surface area contributed by atoms with Crippen LogP contribution in [0.15, 0.2) is 17.7 Å². The van der Waals surface area contributed by atoms with Crippen molar-refractivity contribution in [3.63, 3.8) is 0 Å². The number of aromatic nitrogens is 2. The number of imidazole rings is 1. The summed E-state index contributed by atoms with van der Waals surface area (Å²) in [4.78, 5) is 33.8. The van der Waals surface area contributed by atoms with Crippen molar-refractivity contribution in [2.75, 3.05) is 6.61 Å². The van der Waals surface area contributed by atoms with E-state index in [-0.39, 0.29) is 30.2 Å². The van der Waals surface area contributed by atoms with Gasteiger partial charge in [0.1, 0.15) is 11.7 Å². The van der Waals surface area contributed by atoms with Gasteiger partial charge in [-0.25, -0.2) is 9.78 Å². The van der Waals surface area contributed by atoms with Crippen LogP contribution in [0.5, 0.6) is 0 Å². The highest BCUT2D eigenvalue weighted by Crippen LogP contribution is 2.28. The summed E-state index contributed by atoms with van der Waals surface area (Å²) in [5.41, 5.74) is 0.481. The Morgan fingerprint density at radius 1 is 1.37 bits per heavy atom. The Kier molecular flexibility index (Phi) is 5.50. The Morgan fingerprint density at radius 3 is 2.81 bits per heavy atom. The molecule has 0 aromatic carbocycles. The highest BCUT2D eigenvalue weighted by Gasteiger charge is 2.36. The standard InChI is InChI=1S/C18H26N4O5/c1-18(2,3)26-17(24)12-8-15(27-21-12)16(23)20-11-5-6-25-14(7-11)13-9-19-10-22(13)4/h9-11,14-15H,5-8H2,1-4H3,(H,20,23)/t11-,14+,15+/m1/s1. The lowest BCUT2D eigenvalue weighted by molar-refractivity contribution is -0.146. The van der Waals surface area contributed by atoms with E-state index in [1.54, 1.807) is 33.3 Å². The minimum absolute atomic E-state index is 0.0414. The number of oxime groups is 1. The summed E-state index contributed by atoms with van der Waals surface area (Å²) in [5.74, 6) is -0.840. The lowest BCUT2D eigenvalue weighted by atomic mass is 10.0. The molecule has 0 bridgehead atoms. The van der Waals surface area contributed by atoms with E-state index >= 15 is 0 Å². The molecular formula is C18H26N4O5. The van der Waals surface area contributed by atoms with E-state index in [0.717, 1.165) is 5.69 Å². The summed E-state index contributed by atoms with van der Waals surface area (Å²) in [6.45, 7) is 5.87. The first-order valence-corrected chi connectivity index (χ1v) is 9.07. The number of nitrogens with one attached hydrogen (secondary N) is 1. The predicted octanol–water partition coefficient (Wildman–Crippen LogP) is 1.24. The Bertz CT molecular complexity index is 736. The van der Waals surface area contributed by atoms with Crippen molar-refractivity contribution < 1.29 is 23.9 Å². The average molecular weight is 378 g/mol. The second-order valence-electron chi connectivity index (χ2n) is 7.86. The molecule has 0 unspecified atom stereocenters. The van der Waals surface area contributed by atoms with Gasteiger partial charge in [-0.05, 0) is 33.6 Å². The van der Waals surface area contributed by atoms with Crippen molar-refractivity contribution in [1.82, 2.24) is 14.9 Å². The van der Waals surface area contributed by atoms with E-state index in [0.29, 0.717) is 19.4 Å². The topological polar surface area (TPSA) is 104 Å². The summed E-state index contributed by atoms with van der Waals surface area (Å²) < 4.78 is 13.0. The number of rotatable bonds is 4. The number of ether oxygens (including phenoxy) is 2. The van der Waals surface area contributed by atoms with Crippen LogP contribution in [0.2, 0.25) is 0 Å². The second-order valence-corrected chi connectivity index (χ2v) is 7.86. The Labute approximate surface area is 158 Å². The van der Waals surface area contributed by atoms with Gasteiger partial charge in [0.25, 0.3) is 5.91 Å². The van der Waals surface area contributed by atoms with Crippen LogP contribution >= 0.6 is 0 Å². The normalized spacial score (nSPS) is 25.5. The molecule has 27 heavy (non-hydrogen) atoms. The highest BCUT2D eigenvalue weighted by atomic mass is 16.7. The molecule has 3 atom stereocenters. The molecule has 1 fully saturated rings. The summed E-state index contributed by atoms with van der Waals surface area (Å²) in [5, 5.41) is 6.71. The molecule has 0 spiro atoms. The molecular weight excluding hydrogens is 352 g/mol. The van der Waals surface area contributed by atoms with Gasteiger partial charge < -0.3 is 24.2 Å². The highest BCUT2D eigenvalue weighted by molar-refractivity contribution is 6.37. The molecule has 0 radical (unpaired) electrons. The molecule has 2 aliphatic rings. The van der Waals surface area contributed by atoms with Crippen LogP contribution in [0.4, 0.5) is 0 Å². The smallest absolute Gasteiger partial charge is 0.356 e. The molecule has 9 nitrogen and oxygen atoms in total. The van der Waals surface area contributed by atoms with Crippen LogP contribution in [0.1, 0.15) is 51.8 Å². The molecule has 3 rings (SSSR count). The number of hydrogen-bond acceptors (Lipinski definition) is 7. The third kappa shape index (κ3) is 4.85. The second kappa shape index (κ2) is 7.67. The molecule has 9 heteroatoms. The molecule has 1 N–H and O–H groups in total. The van der Waals surface area contributed by atoms with Gasteiger partial charge in [0.05, 0.1) is 18.2 Å². The van der Waals surface area contributed by atoms with E-state index in [1.165, 1.54) is 0 Å². The first-order chi connectivity index (χ1) is 12.7. The molecule has 2 aliphatic heterocycles. The van der Waals surface area contributed by atoms with Gasteiger partial charge in [-0.2, -0.15) is 0 Å². The van der Waals surface area contributed by atoms with Crippen molar-refractivity contribution >= 4 is 17.6 Å². The van der Waals surface area contributed by atoms with E-state index in [1.807, 2.05) is 11.6 Å². The van der Waals surface area contributed by atoms with Crippen LogP contribution in [-0.4, -0.2) is 51.5 Å². The summed E-state index contributed by atoms with van der Waals surface area (Å²) in [7, 11) is 1.91.